The summed E-state index contributed by atoms with van der Waals surface area (Å²) in [6.45, 7) is 5.11. The minimum Gasteiger partial charge on any atom is -0.465 e. The quantitative estimate of drug-likeness (QED) is 0.640. The zero-order valence-corrected chi connectivity index (χ0v) is 12.4. The van der Waals surface area contributed by atoms with Crippen LogP contribution in [0.25, 0.3) is 0 Å². The number of amides is 2. The molecule has 0 aliphatic carbocycles. The van der Waals surface area contributed by atoms with Gasteiger partial charge in [0.25, 0.3) is 5.91 Å². The normalized spacial score (nSPS) is 10.6. The molecule has 110 valence electrons. The number of ether oxygens (including phenoxy) is 2. The second-order valence-corrected chi connectivity index (χ2v) is 5.82. The highest BCUT2D eigenvalue weighted by atomic mass is 32.1. The van der Waals surface area contributed by atoms with Crippen molar-refractivity contribution in [3.63, 3.8) is 0 Å². The van der Waals surface area contributed by atoms with E-state index in [0.717, 1.165) is 11.3 Å². The maximum Gasteiger partial charge on any atom is 0.426 e. The second kappa shape index (κ2) is 6.38. The molecule has 0 aromatic carbocycles. The predicted octanol–water partition coefficient (Wildman–Crippen LogP) is 1.70. The first-order chi connectivity index (χ1) is 9.23. The monoisotopic (exact) mass is 300 g/mol. The Kier molecular flexibility index (Phi) is 5.09. The third-order valence-corrected chi connectivity index (χ3v) is 2.96. The van der Waals surface area contributed by atoms with Gasteiger partial charge in [0, 0.05) is 0 Å². The van der Waals surface area contributed by atoms with Crippen molar-refractivity contribution in [1.82, 2.24) is 10.9 Å². The van der Waals surface area contributed by atoms with E-state index in [0.29, 0.717) is 4.88 Å². The van der Waals surface area contributed by atoms with Crippen molar-refractivity contribution in [2.24, 2.45) is 0 Å². The standard InChI is InChI=1S/C12H16N2O5S/c1-12(2,3)19-11(17)14-13-9(15)7-5-6-8(20-7)10(16)18-4/h5-6H,1-4H3,(H,13,15)(H,14,17). The number of carbonyl (C=O) groups excluding carboxylic acids is 3. The lowest BCUT2D eigenvalue weighted by atomic mass is 10.2. The van der Waals surface area contributed by atoms with E-state index in [1.54, 1.807) is 20.8 Å². The van der Waals surface area contributed by atoms with Crippen molar-refractivity contribution in [1.29, 1.82) is 0 Å². The molecule has 0 fully saturated rings. The molecular formula is C12H16N2O5S. The van der Waals surface area contributed by atoms with Crippen LogP contribution in [0.5, 0.6) is 0 Å². The fourth-order valence-electron chi connectivity index (χ4n) is 1.14. The van der Waals surface area contributed by atoms with E-state index >= 15 is 0 Å². The molecule has 7 nitrogen and oxygen atoms in total. The van der Waals surface area contributed by atoms with Crippen molar-refractivity contribution in [3.05, 3.63) is 21.9 Å². The first-order valence-corrected chi connectivity index (χ1v) is 6.52. The summed E-state index contributed by atoms with van der Waals surface area (Å²) in [5.41, 5.74) is 3.65. The Bertz CT molecular complexity index is 518. The molecule has 20 heavy (non-hydrogen) atoms. The van der Waals surface area contributed by atoms with Crippen LogP contribution in [-0.2, 0) is 9.47 Å². The number of hydrazine groups is 1. The third-order valence-electron chi connectivity index (χ3n) is 1.89. The third kappa shape index (κ3) is 4.88. The van der Waals surface area contributed by atoms with Gasteiger partial charge in [-0.15, -0.1) is 11.3 Å². The number of thiophene rings is 1. The minimum absolute atomic E-state index is 0.265. The van der Waals surface area contributed by atoms with Gasteiger partial charge in [0.2, 0.25) is 0 Å². The van der Waals surface area contributed by atoms with Crippen LogP contribution in [-0.4, -0.2) is 30.7 Å². The molecule has 1 aromatic heterocycles. The van der Waals surface area contributed by atoms with E-state index in [-0.39, 0.29) is 4.88 Å². The first kappa shape index (κ1) is 16.0. The molecule has 0 atom stereocenters. The molecule has 8 heteroatoms. The number of nitrogens with one attached hydrogen (secondary N) is 2. The number of rotatable bonds is 2. The highest BCUT2D eigenvalue weighted by molar-refractivity contribution is 7.15. The summed E-state index contributed by atoms with van der Waals surface area (Å²) >= 11 is 0.960. The summed E-state index contributed by atoms with van der Waals surface area (Å²) in [5, 5.41) is 0. The van der Waals surface area contributed by atoms with Crippen LogP contribution in [0.15, 0.2) is 12.1 Å². The fourth-order valence-corrected chi connectivity index (χ4v) is 1.96. The van der Waals surface area contributed by atoms with Gasteiger partial charge < -0.3 is 9.47 Å². The van der Waals surface area contributed by atoms with Gasteiger partial charge >= 0.3 is 12.1 Å². The van der Waals surface area contributed by atoms with Gasteiger partial charge in [-0.2, -0.15) is 0 Å². The Hall–Kier alpha value is -2.09. The van der Waals surface area contributed by atoms with E-state index in [4.69, 9.17) is 4.74 Å². The average molecular weight is 300 g/mol. The number of hydrogen-bond acceptors (Lipinski definition) is 6. The molecular weight excluding hydrogens is 284 g/mol. The van der Waals surface area contributed by atoms with Gasteiger partial charge in [-0.1, -0.05) is 0 Å². The van der Waals surface area contributed by atoms with E-state index in [1.807, 2.05) is 0 Å². The second-order valence-electron chi connectivity index (χ2n) is 4.74. The Morgan fingerprint density at radius 3 is 2.25 bits per heavy atom. The fraction of sp³-hybridized carbons (Fsp3) is 0.417. The maximum absolute atomic E-state index is 11.7. The van der Waals surface area contributed by atoms with Crippen LogP contribution in [0.3, 0.4) is 0 Å². The first-order valence-electron chi connectivity index (χ1n) is 5.70. The Labute approximate surface area is 120 Å². The van der Waals surface area contributed by atoms with Crippen LogP contribution in [0, 0.1) is 0 Å². The lowest BCUT2D eigenvalue weighted by Crippen LogP contribution is -2.44. The lowest BCUT2D eigenvalue weighted by Gasteiger charge is -2.19. The molecule has 1 heterocycles. The van der Waals surface area contributed by atoms with Crippen LogP contribution < -0.4 is 10.9 Å². The molecule has 1 rings (SSSR count). The molecule has 1 aromatic rings. The summed E-state index contributed by atoms with van der Waals surface area (Å²) in [6.07, 6.45) is -0.768. The van der Waals surface area contributed by atoms with Crippen LogP contribution in [0.2, 0.25) is 0 Å². The molecule has 0 saturated heterocycles. The highest BCUT2D eigenvalue weighted by Crippen LogP contribution is 2.17. The van der Waals surface area contributed by atoms with Gasteiger partial charge in [-0.05, 0) is 32.9 Å². The van der Waals surface area contributed by atoms with Crippen molar-refractivity contribution < 1.29 is 23.9 Å². The number of carbonyl (C=O) groups is 3. The zero-order chi connectivity index (χ0) is 15.3. The molecule has 0 bridgehead atoms. The zero-order valence-electron chi connectivity index (χ0n) is 11.6. The molecule has 0 saturated carbocycles. The molecule has 2 N–H and O–H groups in total. The molecule has 0 aliphatic rings. The Morgan fingerprint density at radius 1 is 1.10 bits per heavy atom. The van der Waals surface area contributed by atoms with E-state index in [2.05, 4.69) is 15.6 Å². The van der Waals surface area contributed by atoms with Crippen LogP contribution in [0.1, 0.15) is 40.1 Å². The summed E-state index contributed by atoms with van der Waals surface area (Å²) in [4.78, 5) is 34.9. The Balaban J connectivity index is 2.53. The smallest absolute Gasteiger partial charge is 0.426 e. The highest BCUT2D eigenvalue weighted by Gasteiger charge is 2.18. The van der Waals surface area contributed by atoms with Gasteiger partial charge in [-0.25, -0.2) is 15.0 Å². The van der Waals surface area contributed by atoms with Crippen LogP contribution >= 0.6 is 11.3 Å². The van der Waals surface area contributed by atoms with E-state index in [9.17, 15) is 14.4 Å². The van der Waals surface area contributed by atoms with Crippen molar-refractivity contribution in [3.8, 4) is 0 Å². The predicted molar refractivity (Wildman–Crippen MR) is 72.5 cm³/mol. The topological polar surface area (TPSA) is 93.7 Å². The average Bonchev–Trinajstić information content (AvgIpc) is 2.82. The number of esters is 1. The lowest BCUT2D eigenvalue weighted by molar-refractivity contribution is 0.0483. The summed E-state index contributed by atoms with van der Waals surface area (Å²) in [6, 6.07) is 2.93. The molecule has 0 aliphatic heterocycles. The van der Waals surface area contributed by atoms with E-state index in [1.165, 1.54) is 19.2 Å². The SMILES string of the molecule is COC(=O)c1ccc(C(=O)NNC(=O)OC(C)(C)C)s1. The molecule has 2 amide bonds. The van der Waals surface area contributed by atoms with Gasteiger partial charge in [0.05, 0.1) is 12.0 Å². The largest absolute Gasteiger partial charge is 0.465 e. The van der Waals surface area contributed by atoms with Gasteiger partial charge in [0.1, 0.15) is 10.5 Å². The number of methoxy groups -OCH3 is 1. The van der Waals surface area contributed by atoms with Crippen molar-refractivity contribution >= 4 is 29.3 Å². The van der Waals surface area contributed by atoms with Gasteiger partial charge in [0.15, 0.2) is 0 Å². The number of hydrogen-bond donors (Lipinski definition) is 2. The Morgan fingerprint density at radius 2 is 1.70 bits per heavy atom. The van der Waals surface area contributed by atoms with Crippen molar-refractivity contribution in [2.45, 2.75) is 26.4 Å². The maximum atomic E-state index is 11.7. The summed E-state index contributed by atoms with van der Waals surface area (Å²) in [5.74, 6) is -1.06. The van der Waals surface area contributed by atoms with Crippen LogP contribution in [0.4, 0.5) is 4.79 Å². The molecule has 0 radical (unpaired) electrons. The van der Waals surface area contributed by atoms with E-state index < -0.39 is 23.6 Å². The molecule has 0 unspecified atom stereocenters. The van der Waals surface area contributed by atoms with Gasteiger partial charge in [-0.3, -0.25) is 10.2 Å². The summed E-state index contributed by atoms with van der Waals surface area (Å²) in [7, 11) is 1.26. The summed E-state index contributed by atoms with van der Waals surface area (Å²) < 4.78 is 9.48. The molecule has 0 spiro atoms. The minimum atomic E-state index is -0.768. The van der Waals surface area contributed by atoms with Crippen molar-refractivity contribution in [2.75, 3.05) is 7.11 Å².